The van der Waals surface area contributed by atoms with Crippen LogP contribution in [0.15, 0.2) is 46.9 Å². The van der Waals surface area contributed by atoms with E-state index in [2.05, 4.69) is 15.3 Å². The van der Waals surface area contributed by atoms with Gasteiger partial charge in [-0.15, -0.1) is 16.4 Å². The van der Waals surface area contributed by atoms with Crippen LogP contribution in [0.3, 0.4) is 0 Å². The van der Waals surface area contributed by atoms with Crippen molar-refractivity contribution in [1.82, 2.24) is 20.0 Å². The monoisotopic (exact) mass is 440 g/mol. The Morgan fingerprint density at radius 1 is 1.00 bits per heavy atom. The first-order valence-electron chi connectivity index (χ1n) is 7.58. The third-order valence-electron chi connectivity index (χ3n) is 3.53. The standard InChI is InChI=1S/C17H11Cl3N4S2/c18-11-1-2-16-15(6-11)21-17(26-16)25-9-14-8-24(23-22-14)7-10-3-12(19)5-13(20)4-10/h1-6,8H,7,9H2. The average molecular weight is 442 g/mol. The number of thiazole rings is 1. The second kappa shape index (κ2) is 7.74. The van der Waals surface area contributed by atoms with Gasteiger partial charge in [0.25, 0.3) is 0 Å². The van der Waals surface area contributed by atoms with Crippen molar-refractivity contribution >= 4 is 68.1 Å². The van der Waals surface area contributed by atoms with Gasteiger partial charge in [0.1, 0.15) is 0 Å². The quantitative estimate of drug-likeness (QED) is 0.346. The lowest BCUT2D eigenvalue weighted by atomic mass is 10.2. The van der Waals surface area contributed by atoms with Crippen LogP contribution < -0.4 is 0 Å². The first-order valence-corrected chi connectivity index (χ1v) is 10.5. The smallest absolute Gasteiger partial charge is 0.151 e. The predicted molar refractivity (Wildman–Crippen MR) is 110 cm³/mol. The summed E-state index contributed by atoms with van der Waals surface area (Å²) in [5, 5.41) is 10.3. The van der Waals surface area contributed by atoms with Crippen LogP contribution >= 0.6 is 57.9 Å². The van der Waals surface area contributed by atoms with E-state index in [1.54, 1.807) is 33.8 Å². The molecule has 0 aliphatic rings. The van der Waals surface area contributed by atoms with Crippen molar-refractivity contribution in [1.29, 1.82) is 0 Å². The molecular formula is C17H11Cl3N4S2. The topological polar surface area (TPSA) is 43.6 Å². The number of halogens is 3. The maximum absolute atomic E-state index is 6.04. The molecule has 0 fully saturated rings. The van der Waals surface area contributed by atoms with Crippen LogP contribution in [-0.4, -0.2) is 20.0 Å². The molecule has 2 aromatic heterocycles. The lowest BCUT2D eigenvalue weighted by molar-refractivity contribution is 0.649. The van der Waals surface area contributed by atoms with Crippen molar-refractivity contribution in [3.8, 4) is 0 Å². The minimum absolute atomic E-state index is 0.567. The van der Waals surface area contributed by atoms with Gasteiger partial charge in [-0.2, -0.15) is 0 Å². The normalized spacial score (nSPS) is 11.3. The molecule has 0 aliphatic carbocycles. The van der Waals surface area contributed by atoms with Gasteiger partial charge in [0.2, 0.25) is 0 Å². The number of aromatic nitrogens is 4. The Balaban J connectivity index is 1.42. The van der Waals surface area contributed by atoms with Crippen LogP contribution in [0.5, 0.6) is 0 Å². The van der Waals surface area contributed by atoms with Crippen LogP contribution in [0.25, 0.3) is 10.2 Å². The number of rotatable bonds is 5. The van der Waals surface area contributed by atoms with Gasteiger partial charge >= 0.3 is 0 Å². The summed E-state index contributed by atoms with van der Waals surface area (Å²) >= 11 is 21.4. The van der Waals surface area contributed by atoms with Gasteiger partial charge in [-0.3, -0.25) is 0 Å². The highest BCUT2D eigenvalue weighted by atomic mass is 35.5. The van der Waals surface area contributed by atoms with E-state index in [-0.39, 0.29) is 0 Å². The van der Waals surface area contributed by atoms with Crippen molar-refractivity contribution < 1.29 is 0 Å². The van der Waals surface area contributed by atoms with Gasteiger partial charge in [0.15, 0.2) is 4.34 Å². The number of thioether (sulfide) groups is 1. The SMILES string of the molecule is Clc1cc(Cl)cc(Cn2cc(CSc3nc4cc(Cl)ccc4s3)nn2)c1. The molecule has 0 saturated heterocycles. The number of nitrogens with zero attached hydrogens (tertiary/aromatic N) is 4. The Morgan fingerprint density at radius 3 is 2.62 bits per heavy atom. The molecule has 26 heavy (non-hydrogen) atoms. The summed E-state index contributed by atoms with van der Waals surface area (Å²) < 4.78 is 3.88. The van der Waals surface area contributed by atoms with Crippen molar-refractivity contribution in [3.05, 3.63) is 68.9 Å². The van der Waals surface area contributed by atoms with E-state index in [0.29, 0.717) is 27.4 Å². The number of fused-ring (bicyclic) bond motifs is 1. The Hall–Kier alpha value is -1.31. The highest BCUT2D eigenvalue weighted by Crippen LogP contribution is 2.32. The van der Waals surface area contributed by atoms with E-state index in [0.717, 1.165) is 25.8 Å². The highest BCUT2D eigenvalue weighted by molar-refractivity contribution is 8.00. The fraction of sp³-hybridized carbons (Fsp3) is 0.118. The molecule has 4 nitrogen and oxygen atoms in total. The van der Waals surface area contributed by atoms with Gasteiger partial charge in [-0.05, 0) is 42.0 Å². The summed E-state index contributed by atoms with van der Waals surface area (Å²) in [6.07, 6.45) is 1.92. The molecule has 0 spiro atoms. The summed E-state index contributed by atoms with van der Waals surface area (Å²) in [6, 6.07) is 11.2. The van der Waals surface area contributed by atoms with Gasteiger partial charge in [0, 0.05) is 27.0 Å². The molecule has 4 aromatic rings. The zero-order chi connectivity index (χ0) is 18.1. The zero-order valence-corrected chi connectivity index (χ0v) is 17.1. The van der Waals surface area contributed by atoms with E-state index < -0.39 is 0 Å². The van der Waals surface area contributed by atoms with E-state index in [4.69, 9.17) is 34.8 Å². The minimum Gasteiger partial charge on any atom is -0.248 e. The van der Waals surface area contributed by atoms with Crippen molar-refractivity contribution in [2.24, 2.45) is 0 Å². The summed E-state index contributed by atoms with van der Waals surface area (Å²) in [4.78, 5) is 4.60. The first kappa shape index (κ1) is 18.1. The summed E-state index contributed by atoms with van der Waals surface area (Å²) in [5.74, 6) is 0.698. The molecule has 0 atom stereocenters. The molecule has 132 valence electrons. The fourth-order valence-corrected chi connectivity index (χ4v) is 5.11. The number of benzene rings is 2. The first-order chi connectivity index (χ1) is 12.5. The van der Waals surface area contributed by atoms with E-state index in [9.17, 15) is 0 Å². The van der Waals surface area contributed by atoms with Crippen molar-refractivity contribution in [2.45, 2.75) is 16.6 Å². The maximum Gasteiger partial charge on any atom is 0.151 e. The maximum atomic E-state index is 6.04. The fourth-order valence-electron chi connectivity index (χ4n) is 2.45. The van der Waals surface area contributed by atoms with Gasteiger partial charge in [0.05, 0.1) is 22.5 Å². The summed E-state index contributed by atoms with van der Waals surface area (Å²) in [6.45, 7) is 0.567. The molecule has 0 N–H and O–H groups in total. The second-order valence-corrected chi connectivity index (χ2v) is 9.13. The predicted octanol–water partition coefficient (Wildman–Crippen LogP) is 6.19. The van der Waals surface area contributed by atoms with Gasteiger partial charge in [-0.1, -0.05) is 51.8 Å². The van der Waals surface area contributed by atoms with Crippen LogP contribution in [0.4, 0.5) is 0 Å². The average Bonchev–Trinajstić information content (AvgIpc) is 3.17. The number of hydrogen-bond donors (Lipinski definition) is 0. The molecule has 2 heterocycles. The van der Waals surface area contributed by atoms with E-state index in [1.807, 2.05) is 36.5 Å². The molecule has 0 saturated carbocycles. The van der Waals surface area contributed by atoms with Crippen LogP contribution in [-0.2, 0) is 12.3 Å². The Morgan fingerprint density at radius 2 is 1.81 bits per heavy atom. The molecule has 0 radical (unpaired) electrons. The Labute approximate surface area is 173 Å². The molecular weight excluding hydrogens is 431 g/mol. The molecule has 0 aliphatic heterocycles. The van der Waals surface area contributed by atoms with E-state index >= 15 is 0 Å². The van der Waals surface area contributed by atoms with Crippen molar-refractivity contribution in [2.75, 3.05) is 0 Å². The van der Waals surface area contributed by atoms with Crippen LogP contribution in [0, 0.1) is 0 Å². The summed E-state index contributed by atoms with van der Waals surface area (Å²) in [7, 11) is 0. The van der Waals surface area contributed by atoms with Crippen LogP contribution in [0.2, 0.25) is 15.1 Å². The van der Waals surface area contributed by atoms with Gasteiger partial charge in [-0.25, -0.2) is 9.67 Å². The lowest BCUT2D eigenvalue weighted by Crippen LogP contribution is -2.00. The Bertz CT molecular complexity index is 1060. The van der Waals surface area contributed by atoms with Crippen molar-refractivity contribution in [3.63, 3.8) is 0 Å². The third-order valence-corrected chi connectivity index (χ3v) is 6.41. The largest absolute Gasteiger partial charge is 0.248 e. The zero-order valence-electron chi connectivity index (χ0n) is 13.2. The summed E-state index contributed by atoms with van der Waals surface area (Å²) in [5.41, 5.74) is 2.79. The second-order valence-electron chi connectivity index (χ2n) is 5.57. The molecule has 2 aromatic carbocycles. The Kier molecular flexibility index (Phi) is 5.38. The lowest BCUT2D eigenvalue weighted by Gasteiger charge is -2.02. The number of hydrogen-bond acceptors (Lipinski definition) is 5. The molecule has 0 amide bonds. The molecule has 0 unspecified atom stereocenters. The van der Waals surface area contributed by atoms with Crippen LogP contribution in [0.1, 0.15) is 11.3 Å². The highest BCUT2D eigenvalue weighted by Gasteiger charge is 2.08. The van der Waals surface area contributed by atoms with Gasteiger partial charge < -0.3 is 0 Å². The molecule has 4 rings (SSSR count). The minimum atomic E-state index is 0.567. The molecule has 9 heteroatoms. The third kappa shape index (κ3) is 4.32. The van der Waals surface area contributed by atoms with E-state index in [1.165, 1.54) is 0 Å². The molecule has 0 bridgehead atoms.